The topological polar surface area (TPSA) is 117 Å². The molecule has 0 atom stereocenters. The van der Waals surface area contributed by atoms with E-state index < -0.39 is 11.9 Å². The van der Waals surface area contributed by atoms with Crippen LogP contribution in [0.5, 0.6) is 11.5 Å². The Morgan fingerprint density at radius 2 is 1.68 bits per heavy atom. The highest BCUT2D eigenvalue weighted by atomic mass is 16.5. The molecule has 0 saturated heterocycles. The molecular weight excluding hydrogens is 364 g/mol. The predicted molar refractivity (Wildman–Crippen MR) is 101 cm³/mol. The summed E-state index contributed by atoms with van der Waals surface area (Å²) in [5, 5.41) is 15.8. The van der Waals surface area contributed by atoms with Crippen molar-refractivity contribution >= 4 is 29.2 Å². The molecule has 0 heterocycles. The van der Waals surface area contributed by atoms with E-state index in [2.05, 4.69) is 10.6 Å². The van der Waals surface area contributed by atoms with Crippen LogP contribution in [-0.4, -0.2) is 32.0 Å². The fourth-order valence-electron chi connectivity index (χ4n) is 2.50. The van der Waals surface area contributed by atoms with Crippen molar-refractivity contribution in [1.29, 1.82) is 0 Å². The fourth-order valence-corrected chi connectivity index (χ4v) is 2.50. The first kappa shape index (κ1) is 20.8. The van der Waals surface area contributed by atoms with Gasteiger partial charge in [-0.05, 0) is 37.1 Å². The second-order valence-electron chi connectivity index (χ2n) is 5.84. The van der Waals surface area contributed by atoms with Crippen LogP contribution in [0, 0.1) is 0 Å². The molecular formula is C20H21N2O6-. The van der Waals surface area contributed by atoms with Crippen molar-refractivity contribution in [2.75, 3.05) is 24.9 Å². The summed E-state index contributed by atoms with van der Waals surface area (Å²) in [7, 11) is 3.00. The maximum atomic E-state index is 12.7. The Kier molecular flexibility index (Phi) is 7.38. The minimum atomic E-state index is -1.21. The van der Waals surface area contributed by atoms with E-state index in [1.165, 1.54) is 14.2 Å². The first-order valence-corrected chi connectivity index (χ1v) is 8.56. The molecule has 0 saturated carbocycles. The first-order valence-electron chi connectivity index (χ1n) is 8.56. The van der Waals surface area contributed by atoms with Gasteiger partial charge in [0.05, 0.1) is 31.2 Å². The van der Waals surface area contributed by atoms with Crippen LogP contribution in [0.4, 0.5) is 11.4 Å². The molecule has 28 heavy (non-hydrogen) atoms. The van der Waals surface area contributed by atoms with Crippen LogP contribution in [0.2, 0.25) is 0 Å². The Labute approximate surface area is 162 Å². The number of carboxylic acid groups (broad SMARTS) is 1. The summed E-state index contributed by atoms with van der Waals surface area (Å²) in [4.78, 5) is 35.2. The van der Waals surface area contributed by atoms with E-state index in [1.54, 1.807) is 42.5 Å². The zero-order chi connectivity index (χ0) is 20.5. The number of methoxy groups -OCH3 is 2. The number of para-hydroxylation sites is 1. The molecule has 2 N–H and O–H groups in total. The third-order valence-corrected chi connectivity index (χ3v) is 3.89. The lowest BCUT2D eigenvalue weighted by atomic mass is 10.1. The van der Waals surface area contributed by atoms with Gasteiger partial charge in [-0.1, -0.05) is 12.1 Å². The van der Waals surface area contributed by atoms with Gasteiger partial charge in [0, 0.05) is 18.5 Å². The van der Waals surface area contributed by atoms with Gasteiger partial charge in [-0.3, -0.25) is 9.59 Å². The van der Waals surface area contributed by atoms with Crippen LogP contribution >= 0.6 is 0 Å². The molecule has 2 amide bonds. The molecule has 2 aromatic rings. The molecule has 0 aliphatic carbocycles. The van der Waals surface area contributed by atoms with Gasteiger partial charge in [-0.2, -0.15) is 0 Å². The van der Waals surface area contributed by atoms with Crippen LogP contribution in [0.3, 0.4) is 0 Å². The van der Waals surface area contributed by atoms with Crippen molar-refractivity contribution < 1.29 is 29.0 Å². The van der Waals surface area contributed by atoms with Crippen LogP contribution in [0.15, 0.2) is 42.5 Å². The number of carbonyl (C=O) groups excluding carboxylic acids is 3. The molecule has 0 aliphatic rings. The largest absolute Gasteiger partial charge is 0.550 e. The highest BCUT2D eigenvalue weighted by molar-refractivity contribution is 6.10. The molecule has 0 bridgehead atoms. The van der Waals surface area contributed by atoms with E-state index in [1.807, 2.05) is 0 Å². The van der Waals surface area contributed by atoms with Gasteiger partial charge in [-0.15, -0.1) is 0 Å². The van der Waals surface area contributed by atoms with Crippen LogP contribution in [0.25, 0.3) is 0 Å². The molecule has 148 valence electrons. The van der Waals surface area contributed by atoms with E-state index in [9.17, 15) is 19.5 Å². The summed E-state index contributed by atoms with van der Waals surface area (Å²) in [6.07, 6.45) is -0.0393. The number of rotatable bonds is 9. The maximum Gasteiger partial charge on any atom is 0.257 e. The quantitative estimate of drug-likeness (QED) is 0.680. The summed E-state index contributed by atoms with van der Waals surface area (Å²) in [5.74, 6) is -1.04. The molecule has 0 unspecified atom stereocenters. The molecule has 2 rings (SSSR count). The Bertz CT molecular complexity index is 866. The normalized spacial score (nSPS) is 10.1. The van der Waals surface area contributed by atoms with Crippen LogP contribution < -0.4 is 25.2 Å². The number of hydrogen-bond acceptors (Lipinski definition) is 6. The van der Waals surface area contributed by atoms with Crippen LogP contribution in [-0.2, 0) is 9.59 Å². The van der Waals surface area contributed by atoms with Gasteiger partial charge in [0.25, 0.3) is 5.91 Å². The standard InChI is InChI=1S/C20H22N2O6/c1-27-13-10-11-17(28-2)16(12-13)22-20(26)14-6-3-4-7-15(14)21-18(23)8-5-9-19(24)25/h3-4,6-7,10-12H,5,8-9H2,1-2H3,(H,21,23)(H,22,26)(H,24,25)/p-1. The van der Waals surface area contributed by atoms with Crippen molar-refractivity contribution in [3.05, 3.63) is 48.0 Å². The van der Waals surface area contributed by atoms with Crippen molar-refractivity contribution in [2.24, 2.45) is 0 Å². The highest BCUT2D eigenvalue weighted by Gasteiger charge is 2.15. The van der Waals surface area contributed by atoms with E-state index in [-0.39, 0.29) is 30.7 Å². The number of carbonyl (C=O) groups is 3. The van der Waals surface area contributed by atoms with Crippen molar-refractivity contribution in [1.82, 2.24) is 0 Å². The second-order valence-corrected chi connectivity index (χ2v) is 5.84. The zero-order valence-corrected chi connectivity index (χ0v) is 15.6. The van der Waals surface area contributed by atoms with Gasteiger partial charge in [0.2, 0.25) is 5.91 Å². The number of amides is 2. The van der Waals surface area contributed by atoms with Crippen molar-refractivity contribution in [3.8, 4) is 11.5 Å². The van der Waals surface area contributed by atoms with E-state index >= 15 is 0 Å². The summed E-state index contributed by atoms with van der Waals surface area (Å²) < 4.78 is 10.4. The van der Waals surface area contributed by atoms with Crippen LogP contribution in [0.1, 0.15) is 29.6 Å². The molecule has 0 radical (unpaired) electrons. The Hall–Kier alpha value is -3.55. The lowest BCUT2D eigenvalue weighted by Crippen LogP contribution is -2.22. The van der Waals surface area contributed by atoms with Crippen molar-refractivity contribution in [3.63, 3.8) is 0 Å². The average Bonchev–Trinajstić information content (AvgIpc) is 2.67. The Balaban J connectivity index is 2.14. The summed E-state index contributed by atoms with van der Waals surface area (Å²) in [6.45, 7) is 0. The first-order chi connectivity index (χ1) is 13.4. The van der Waals surface area contributed by atoms with Gasteiger partial charge < -0.3 is 30.0 Å². The van der Waals surface area contributed by atoms with Crippen molar-refractivity contribution in [2.45, 2.75) is 19.3 Å². The van der Waals surface area contributed by atoms with Gasteiger partial charge >= 0.3 is 0 Å². The molecule has 0 aliphatic heterocycles. The summed E-state index contributed by atoms with van der Waals surface area (Å²) in [5.41, 5.74) is 0.989. The third kappa shape index (κ3) is 5.73. The third-order valence-electron chi connectivity index (χ3n) is 3.89. The predicted octanol–water partition coefficient (Wildman–Crippen LogP) is 1.81. The Morgan fingerprint density at radius 3 is 2.36 bits per heavy atom. The summed E-state index contributed by atoms with van der Waals surface area (Å²) in [6, 6.07) is 11.5. The van der Waals surface area contributed by atoms with Gasteiger partial charge in [0.1, 0.15) is 11.5 Å². The lowest BCUT2D eigenvalue weighted by Gasteiger charge is -2.14. The minimum absolute atomic E-state index is 0.00758. The lowest BCUT2D eigenvalue weighted by molar-refractivity contribution is -0.305. The van der Waals surface area contributed by atoms with E-state index in [0.717, 1.165) is 0 Å². The smallest absolute Gasteiger partial charge is 0.257 e. The van der Waals surface area contributed by atoms with E-state index in [4.69, 9.17) is 9.47 Å². The zero-order valence-electron chi connectivity index (χ0n) is 15.6. The monoisotopic (exact) mass is 385 g/mol. The molecule has 8 nitrogen and oxygen atoms in total. The second kappa shape index (κ2) is 9.96. The average molecular weight is 385 g/mol. The number of nitrogens with one attached hydrogen (secondary N) is 2. The minimum Gasteiger partial charge on any atom is -0.550 e. The van der Waals surface area contributed by atoms with Gasteiger partial charge in [0.15, 0.2) is 0 Å². The highest BCUT2D eigenvalue weighted by Crippen LogP contribution is 2.30. The molecule has 2 aromatic carbocycles. The number of aliphatic carboxylic acids is 1. The summed E-state index contributed by atoms with van der Waals surface area (Å²) >= 11 is 0. The number of benzene rings is 2. The van der Waals surface area contributed by atoms with E-state index in [0.29, 0.717) is 22.9 Å². The van der Waals surface area contributed by atoms with Gasteiger partial charge in [-0.25, -0.2) is 0 Å². The number of hydrogen-bond donors (Lipinski definition) is 2. The molecule has 8 heteroatoms. The molecule has 0 spiro atoms. The maximum absolute atomic E-state index is 12.7. The fraction of sp³-hybridized carbons (Fsp3) is 0.250. The number of ether oxygens (including phenoxy) is 2. The molecule has 0 aromatic heterocycles. The Morgan fingerprint density at radius 1 is 0.929 bits per heavy atom. The number of anilines is 2. The SMILES string of the molecule is COc1ccc(OC)c(NC(=O)c2ccccc2NC(=O)CCCC(=O)[O-])c1. The number of carboxylic acids is 1. The molecule has 0 fully saturated rings.